The third-order valence-corrected chi connectivity index (χ3v) is 5.94. The van der Waals surface area contributed by atoms with Gasteiger partial charge in [0.05, 0.1) is 4.91 Å². The molecular formula is C19H14BrNO5S2. The van der Waals surface area contributed by atoms with Crippen molar-refractivity contribution in [1.29, 1.82) is 0 Å². The van der Waals surface area contributed by atoms with Gasteiger partial charge in [0.1, 0.15) is 29.0 Å². The number of benzene rings is 2. The molecule has 1 saturated heterocycles. The van der Waals surface area contributed by atoms with Crippen LogP contribution in [0.15, 0.2) is 51.8 Å². The molecule has 144 valence electrons. The minimum atomic E-state index is -1.14. The van der Waals surface area contributed by atoms with Gasteiger partial charge in [0.2, 0.25) is 0 Å². The summed E-state index contributed by atoms with van der Waals surface area (Å²) in [6.45, 7) is -0.228. The van der Waals surface area contributed by atoms with Crippen LogP contribution in [0.5, 0.6) is 11.5 Å². The predicted octanol–water partition coefficient (Wildman–Crippen LogP) is 4.02. The number of carboxylic acid groups (broad SMARTS) is 1. The summed E-state index contributed by atoms with van der Waals surface area (Å²) in [5.74, 6) is -1.20. The van der Waals surface area contributed by atoms with E-state index in [1.807, 2.05) is 24.3 Å². The van der Waals surface area contributed by atoms with E-state index in [0.29, 0.717) is 16.2 Å². The third kappa shape index (κ3) is 4.73. The Morgan fingerprint density at radius 3 is 2.75 bits per heavy atom. The van der Waals surface area contributed by atoms with Gasteiger partial charge in [0.15, 0.2) is 0 Å². The molecule has 0 aromatic heterocycles. The van der Waals surface area contributed by atoms with Crippen LogP contribution in [0.4, 0.5) is 0 Å². The molecule has 0 bridgehead atoms. The number of thioether (sulfide) groups is 1. The zero-order valence-corrected chi connectivity index (χ0v) is 17.5. The largest absolute Gasteiger partial charge is 0.508 e. The van der Waals surface area contributed by atoms with E-state index in [4.69, 9.17) is 22.1 Å². The number of carbonyl (C=O) groups excluding carboxylic acids is 1. The molecule has 1 amide bonds. The number of aliphatic carboxylic acids is 1. The van der Waals surface area contributed by atoms with Gasteiger partial charge in [0.25, 0.3) is 5.91 Å². The Hall–Kier alpha value is -2.36. The van der Waals surface area contributed by atoms with Gasteiger partial charge in [0, 0.05) is 21.7 Å². The molecule has 3 rings (SSSR count). The Kier molecular flexibility index (Phi) is 6.38. The summed E-state index contributed by atoms with van der Waals surface area (Å²) in [5.41, 5.74) is 1.49. The van der Waals surface area contributed by atoms with Gasteiger partial charge in [-0.2, -0.15) is 0 Å². The summed E-state index contributed by atoms with van der Waals surface area (Å²) in [4.78, 5) is 24.7. The van der Waals surface area contributed by atoms with Crippen LogP contribution in [0.1, 0.15) is 11.1 Å². The lowest BCUT2D eigenvalue weighted by molar-refractivity contribution is -0.140. The number of amides is 1. The van der Waals surface area contributed by atoms with Gasteiger partial charge < -0.3 is 14.9 Å². The maximum absolute atomic E-state index is 12.4. The van der Waals surface area contributed by atoms with Crippen molar-refractivity contribution in [3.8, 4) is 11.5 Å². The van der Waals surface area contributed by atoms with Gasteiger partial charge in [-0.3, -0.25) is 14.5 Å². The molecule has 2 aromatic carbocycles. The number of hydrogen-bond donors (Lipinski definition) is 2. The number of carbonyl (C=O) groups is 2. The Balaban J connectivity index is 1.85. The first-order valence-corrected chi connectivity index (χ1v) is 10.0. The van der Waals surface area contributed by atoms with Crippen molar-refractivity contribution in [2.24, 2.45) is 0 Å². The lowest BCUT2D eigenvalue weighted by Gasteiger charge is -2.12. The molecule has 0 saturated carbocycles. The second kappa shape index (κ2) is 8.76. The standard InChI is InChI=1S/C19H14BrNO5S2/c20-14-4-2-1-3-12(14)10-26-15-8-13(22)6-5-11(15)7-16-18(25)21(9-17(23)24)19(27)28-16/h1-8,22H,9-10H2,(H,23,24). The van der Waals surface area contributed by atoms with Crippen LogP contribution in [0.3, 0.4) is 0 Å². The molecule has 0 spiro atoms. The highest BCUT2D eigenvalue weighted by Gasteiger charge is 2.33. The number of ether oxygens (including phenoxy) is 1. The highest BCUT2D eigenvalue weighted by Crippen LogP contribution is 2.35. The second-order valence-corrected chi connectivity index (χ2v) is 8.29. The van der Waals surface area contributed by atoms with Gasteiger partial charge in [-0.15, -0.1) is 0 Å². The van der Waals surface area contributed by atoms with Crippen molar-refractivity contribution in [1.82, 2.24) is 4.90 Å². The van der Waals surface area contributed by atoms with Crippen LogP contribution in [-0.4, -0.2) is 37.9 Å². The van der Waals surface area contributed by atoms with Crippen molar-refractivity contribution in [2.75, 3.05) is 6.54 Å². The minimum absolute atomic E-state index is 0.0257. The molecule has 1 aliphatic heterocycles. The van der Waals surface area contributed by atoms with Gasteiger partial charge in [-0.25, -0.2) is 0 Å². The number of aromatic hydroxyl groups is 1. The minimum Gasteiger partial charge on any atom is -0.508 e. The molecule has 2 N–H and O–H groups in total. The fourth-order valence-electron chi connectivity index (χ4n) is 2.45. The first-order chi connectivity index (χ1) is 13.3. The quantitative estimate of drug-likeness (QED) is 0.477. The lowest BCUT2D eigenvalue weighted by Crippen LogP contribution is -2.33. The zero-order chi connectivity index (χ0) is 20.3. The molecule has 28 heavy (non-hydrogen) atoms. The number of thiocarbonyl (C=S) groups is 1. The zero-order valence-electron chi connectivity index (χ0n) is 14.3. The van der Waals surface area contributed by atoms with Crippen LogP contribution in [-0.2, 0) is 16.2 Å². The van der Waals surface area contributed by atoms with E-state index >= 15 is 0 Å². The average molecular weight is 480 g/mol. The number of nitrogens with zero attached hydrogens (tertiary/aromatic N) is 1. The Morgan fingerprint density at radius 1 is 1.29 bits per heavy atom. The first kappa shape index (κ1) is 20.4. The molecule has 1 fully saturated rings. The average Bonchev–Trinajstić information content (AvgIpc) is 2.90. The smallest absolute Gasteiger partial charge is 0.323 e. The van der Waals surface area contributed by atoms with E-state index in [-0.39, 0.29) is 16.7 Å². The topological polar surface area (TPSA) is 87.1 Å². The Bertz CT molecular complexity index is 992. The lowest BCUT2D eigenvalue weighted by atomic mass is 10.1. The number of phenols is 1. The monoisotopic (exact) mass is 479 g/mol. The van der Waals surface area contributed by atoms with Gasteiger partial charge in [-0.05, 0) is 24.3 Å². The van der Waals surface area contributed by atoms with Crippen LogP contribution in [0.2, 0.25) is 0 Å². The normalized spacial score (nSPS) is 15.3. The second-order valence-electron chi connectivity index (χ2n) is 5.76. The van der Waals surface area contributed by atoms with Gasteiger partial charge >= 0.3 is 5.97 Å². The highest BCUT2D eigenvalue weighted by molar-refractivity contribution is 9.10. The number of hydrogen-bond acceptors (Lipinski definition) is 6. The summed E-state index contributed by atoms with van der Waals surface area (Å²) >= 11 is 9.59. The van der Waals surface area contributed by atoms with E-state index in [2.05, 4.69) is 15.9 Å². The predicted molar refractivity (Wildman–Crippen MR) is 114 cm³/mol. The molecule has 0 unspecified atom stereocenters. The number of halogens is 1. The van der Waals surface area contributed by atoms with Crippen molar-refractivity contribution in [3.63, 3.8) is 0 Å². The molecule has 2 aromatic rings. The number of rotatable bonds is 6. The Labute approximate surface area is 178 Å². The maximum atomic E-state index is 12.4. The highest BCUT2D eigenvalue weighted by atomic mass is 79.9. The summed E-state index contributed by atoms with van der Waals surface area (Å²) in [7, 11) is 0. The van der Waals surface area contributed by atoms with Crippen LogP contribution < -0.4 is 4.74 Å². The van der Waals surface area contributed by atoms with E-state index < -0.39 is 18.4 Å². The van der Waals surface area contributed by atoms with Crippen molar-refractivity contribution in [2.45, 2.75) is 6.61 Å². The molecule has 1 heterocycles. The fraction of sp³-hybridized carbons (Fsp3) is 0.105. The number of phenolic OH excluding ortho intramolecular Hbond substituents is 1. The van der Waals surface area contributed by atoms with E-state index in [1.165, 1.54) is 12.1 Å². The molecule has 0 atom stereocenters. The summed E-state index contributed by atoms with van der Waals surface area (Å²) < 4.78 is 6.94. The SMILES string of the molecule is O=C(O)CN1C(=O)C(=Cc2ccc(O)cc2OCc2ccccc2Br)SC1=S. The van der Waals surface area contributed by atoms with Crippen LogP contribution in [0.25, 0.3) is 6.08 Å². The summed E-state index contributed by atoms with van der Waals surface area (Å²) in [6, 6.07) is 12.1. The Morgan fingerprint density at radius 2 is 2.04 bits per heavy atom. The molecule has 0 radical (unpaired) electrons. The summed E-state index contributed by atoms with van der Waals surface area (Å²) in [6.07, 6.45) is 1.58. The fourth-order valence-corrected chi connectivity index (χ4v) is 4.10. The number of carboxylic acids is 1. The van der Waals surface area contributed by atoms with E-state index in [0.717, 1.165) is 26.7 Å². The molecule has 1 aliphatic rings. The van der Waals surface area contributed by atoms with Crippen LogP contribution >= 0.6 is 39.9 Å². The summed E-state index contributed by atoms with van der Waals surface area (Å²) in [5, 5.41) is 18.7. The van der Waals surface area contributed by atoms with Crippen LogP contribution in [0, 0.1) is 0 Å². The van der Waals surface area contributed by atoms with Crippen molar-refractivity contribution >= 4 is 62.2 Å². The van der Waals surface area contributed by atoms with E-state index in [9.17, 15) is 14.7 Å². The molecule has 9 heteroatoms. The van der Waals surface area contributed by atoms with E-state index in [1.54, 1.807) is 12.1 Å². The van der Waals surface area contributed by atoms with Gasteiger partial charge in [-0.1, -0.05) is 58.1 Å². The third-order valence-electron chi connectivity index (χ3n) is 3.79. The molecule has 0 aliphatic carbocycles. The van der Waals surface area contributed by atoms with Crippen molar-refractivity contribution in [3.05, 3.63) is 63.0 Å². The first-order valence-electron chi connectivity index (χ1n) is 8.01. The maximum Gasteiger partial charge on any atom is 0.323 e. The molecular weight excluding hydrogens is 466 g/mol. The van der Waals surface area contributed by atoms with Crippen molar-refractivity contribution < 1.29 is 24.5 Å². The molecule has 6 nitrogen and oxygen atoms in total.